The Bertz CT molecular complexity index is 1200. The van der Waals surface area contributed by atoms with E-state index in [9.17, 15) is 14.0 Å². The van der Waals surface area contributed by atoms with E-state index in [-0.39, 0.29) is 17.8 Å². The van der Waals surface area contributed by atoms with Crippen molar-refractivity contribution < 1.29 is 18.4 Å². The first-order chi connectivity index (χ1) is 15.4. The molecule has 2 N–H and O–H groups in total. The number of hydroxylamine groups is 1. The van der Waals surface area contributed by atoms with E-state index in [4.69, 9.17) is 4.84 Å². The molecule has 0 radical (unpaired) electrons. The molecule has 2 aromatic heterocycles. The number of nitrogens with zero attached hydrogens (tertiary/aromatic N) is 3. The third-order valence-electron chi connectivity index (χ3n) is 4.80. The summed E-state index contributed by atoms with van der Waals surface area (Å²) in [6, 6.07) is 7.30. The Labute approximate surface area is 189 Å². The number of halogens is 3. The van der Waals surface area contributed by atoms with Crippen LogP contribution in [0.3, 0.4) is 0 Å². The van der Waals surface area contributed by atoms with E-state index in [1.54, 1.807) is 12.1 Å². The average molecular weight is 506 g/mol. The summed E-state index contributed by atoms with van der Waals surface area (Å²) in [6.45, 7) is 0.220. The second-order valence-electron chi connectivity index (χ2n) is 7.31. The normalized spacial score (nSPS) is 13.1. The van der Waals surface area contributed by atoms with Crippen LogP contribution in [-0.4, -0.2) is 27.3 Å². The van der Waals surface area contributed by atoms with Crippen molar-refractivity contribution in [2.24, 2.45) is 5.92 Å². The van der Waals surface area contributed by atoms with Crippen LogP contribution in [0.25, 0.3) is 0 Å². The molecule has 11 heteroatoms. The number of carbonyl (C=O) groups excluding carboxylic acids is 1. The van der Waals surface area contributed by atoms with Crippen LogP contribution in [0.5, 0.6) is 0 Å². The number of pyridine rings is 1. The molecular formula is C21H18BrF2N5O3. The number of nitrogens with one attached hydrogen (secondary N) is 2. The molecule has 4 rings (SSSR count). The van der Waals surface area contributed by atoms with Crippen molar-refractivity contribution in [1.82, 2.24) is 20.2 Å². The molecule has 8 nitrogen and oxygen atoms in total. The Morgan fingerprint density at radius 3 is 2.78 bits per heavy atom. The van der Waals surface area contributed by atoms with Gasteiger partial charge >= 0.3 is 0 Å². The highest BCUT2D eigenvalue weighted by Gasteiger charge is 2.25. The monoisotopic (exact) mass is 505 g/mol. The van der Waals surface area contributed by atoms with E-state index in [0.29, 0.717) is 22.7 Å². The van der Waals surface area contributed by atoms with Gasteiger partial charge in [0.15, 0.2) is 0 Å². The van der Waals surface area contributed by atoms with Gasteiger partial charge in [0.05, 0.1) is 35.8 Å². The lowest BCUT2D eigenvalue weighted by atomic mass is 10.2. The van der Waals surface area contributed by atoms with Gasteiger partial charge in [-0.05, 0) is 49.1 Å². The largest absolute Gasteiger partial charge is 0.350 e. The first kappa shape index (κ1) is 22.0. The SMILES string of the molecule is O=C(NOCC1CC1)c1cn(Cc2cccnn2)c(=O)c(F)c1Nc1ccc(Br)cc1F. The molecule has 0 spiro atoms. The zero-order valence-corrected chi connectivity index (χ0v) is 18.2. The summed E-state index contributed by atoms with van der Waals surface area (Å²) >= 11 is 3.14. The lowest BCUT2D eigenvalue weighted by Gasteiger charge is -2.16. The molecule has 1 fully saturated rings. The van der Waals surface area contributed by atoms with Crippen molar-refractivity contribution in [1.29, 1.82) is 0 Å². The zero-order valence-electron chi connectivity index (χ0n) is 16.6. The standard InChI is InChI=1S/C21H18BrF2N5O3/c22-13-5-6-17(16(23)8-13)26-19-15(20(30)28-32-11-12-3-4-12)10-29(21(31)18(19)24)9-14-2-1-7-25-27-14/h1-2,5-8,10,12,26H,3-4,9,11H2,(H,28,30). The zero-order chi connectivity index (χ0) is 22.7. The van der Waals surface area contributed by atoms with Crippen molar-refractivity contribution in [2.75, 3.05) is 11.9 Å². The van der Waals surface area contributed by atoms with Gasteiger partial charge in [-0.25, -0.2) is 9.87 Å². The third-order valence-corrected chi connectivity index (χ3v) is 5.29. The molecule has 0 atom stereocenters. The van der Waals surface area contributed by atoms with Crippen LogP contribution in [0.2, 0.25) is 0 Å². The second-order valence-corrected chi connectivity index (χ2v) is 8.23. The Balaban J connectivity index is 1.70. The van der Waals surface area contributed by atoms with Crippen molar-refractivity contribution >= 4 is 33.2 Å². The van der Waals surface area contributed by atoms with E-state index in [1.165, 1.54) is 30.6 Å². The van der Waals surface area contributed by atoms with Gasteiger partial charge < -0.3 is 9.88 Å². The van der Waals surface area contributed by atoms with Crippen molar-refractivity contribution in [3.8, 4) is 0 Å². The number of benzene rings is 1. The molecule has 1 amide bonds. The van der Waals surface area contributed by atoms with Crippen LogP contribution >= 0.6 is 15.9 Å². The Hall–Kier alpha value is -3.18. The van der Waals surface area contributed by atoms with Gasteiger partial charge in [0.1, 0.15) is 5.82 Å². The predicted octanol–water partition coefficient (Wildman–Crippen LogP) is 3.54. The van der Waals surface area contributed by atoms with Crippen molar-refractivity contribution in [3.63, 3.8) is 0 Å². The fourth-order valence-corrected chi connectivity index (χ4v) is 3.26. The molecule has 1 saturated carbocycles. The number of carbonyl (C=O) groups is 1. The summed E-state index contributed by atoms with van der Waals surface area (Å²) in [5.41, 5.74) is 0.856. The van der Waals surface area contributed by atoms with E-state index < -0.39 is 28.8 Å². The van der Waals surface area contributed by atoms with Gasteiger partial charge in [-0.2, -0.15) is 14.6 Å². The van der Waals surface area contributed by atoms with Crippen LogP contribution in [0, 0.1) is 17.6 Å². The number of aromatic nitrogens is 3. The van der Waals surface area contributed by atoms with Crippen LogP contribution in [0.4, 0.5) is 20.2 Å². The van der Waals surface area contributed by atoms with Crippen LogP contribution in [-0.2, 0) is 11.4 Å². The highest BCUT2D eigenvalue weighted by atomic mass is 79.9. The number of hydrogen-bond donors (Lipinski definition) is 2. The molecule has 0 saturated heterocycles. The van der Waals surface area contributed by atoms with E-state index in [2.05, 4.69) is 36.9 Å². The van der Waals surface area contributed by atoms with Gasteiger partial charge in [0.2, 0.25) is 5.82 Å². The lowest BCUT2D eigenvalue weighted by Crippen LogP contribution is -2.31. The number of rotatable bonds is 8. The van der Waals surface area contributed by atoms with Gasteiger partial charge in [0.25, 0.3) is 11.5 Å². The number of amides is 1. The topological polar surface area (TPSA) is 98.1 Å². The van der Waals surface area contributed by atoms with E-state index >= 15 is 4.39 Å². The molecule has 0 bridgehead atoms. The van der Waals surface area contributed by atoms with Gasteiger partial charge in [-0.3, -0.25) is 14.4 Å². The van der Waals surface area contributed by atoms with Crippen LogP contribution < -0.4 is 16.4 Å². The molecule has 1 aliphatic carbocycles. The first-order valence-corrected chi connectivity index (χ1v) is 10.6. The summed E-state index contributed by atoms with van der Waals surface area (Å²) in [5.74, 6) is -2.34. The molecule has 1 aliphatic rings. The first-order valence-electron chi connectivity index (χ1n) is 9.76. The maximum absolute atomic E-state index is 15.2. The molecule has 0 aliphatic heterocycles. The number of anilines is 2. The molecule has 32 heavy (non-hydrogen) atoms. The predicted molar refractivity (Wildman–Crippen MR) is 115 cm³/mol. The summed E-state index contributed by atoms with van der Waals surface area (Å²) in [5, 5.41) is 10.1. The highest BCUT2D eigenvalue weighted by molar-refractivity contribution is 9.10. The van der Waals surface area contributed by atoms with E-state index in [1.807, 2.05) is 0 Å². The molecule has 0 unspecified atom stereocenters. The summed E-state index contributed by atoms with van der Waals surface area (Å²) in [4.78, 5) is 30.6. The van der Waals surface area contributed by atoms with Crippen LogP contribution in [0.1, 0.15) is 28.9 Å². The van der Waals surface area contributed by atoms with Gasteiger partial charge in [-0.1, -0.05) is 15.9 Å². The smallest absolute Gasteiger partial charge is 0.289 e. The maximum atomic E-state index is 15.2. The lowest BCUT2D eigenvalue weighted by molar-refractivity contribution is 0.0270. The molecule has 1 aromatic carbocycles. The fraction of sp³-hybridized carbons (Fsp3) is 0.238. The Kier molecular flexibility index (Phi) is 6.56. The van der Waals surface area contributed by atoms with Crippen molar-refractivity contribution in [2.45, 2.75) is 19.4 Å². The van der Waals surface area contributed by atoms with Crippen molar-refractivity contribution in [3.05, 3.63) is 80.4 Å². The minimum Gasteiger partial charge on any atom is -0.350 e. The quantitative estimate of drug-likeness (QED) is 0.454. The summed E-state index contributed by atoms with van der Waals surface area (Å²) in [7, 11) is 0. The molecule has 3 aromatic rings. The third kappa shape index (κ3) is 5.17. The highest BCUT2D eigenvalue weighted by Crippen LogP contribution is 2.29. The van der Waals surface area contributed by atoms with Gasteiger partial charge in [0, 0.05) is 16.9 Å². The van der Waals surface area contributed by atoms with Gasteiger partial charge in [-0.15, -0.1) is 0 Å². The van der Waals surface area contributed by atoms with E-state index in [0.717, 1.165) is 17.4 Å². The summed E-state index contributed by atoms with van der Waals surface area (Å²) in [6.07, 6.45) is 4.67. The number of hydrogen-bond acceptors (Lipinski definition) is 6. The Morgan fingerprint density at radius 2 is 2.09 bits per heavy atom. The fourth-order valence-electron chi connectivity index (χ4n) is 2.92. The second kappa shape index (κ2) is 9.53. The molecule has 2 heterocycles. The molecule has 166 valence electrons. The average Bonchev–Trinajstić information content (AvgIpc) is 3.60. The maximum Gasteiger partial charge on any atom is 0.289 e. The minimum atomic E-state index is -1.24. The molecular weight excluding hydrogens is 488 g/mol. The summed E-state index contributed by atoms with van der Waals surface area (Å²) < 4.78 is 31.0. The Morgan fingerprint density at radius 1 is 1.28 bits per heavy atom. The minimum absolute atomic E-state index is 0.105. The van der Waals surface area contributed by atoms with Crippen LogP contribution in [0.15, 0.2) is 52.0 Å².